The maximum absolute atomic E-state index is 3.77. The second-order valence-electron chi connectivity index (χ2n) is 5.17. The Labute approximate surface area is 68.8 Å². The van der Waals surface area contributed by atoms with Gasteiger partial charge in [0.15, 0.2) is 0 Å². The summed E-state index contributed by atoms with van der Waals surface area (Å²) in [6.07, 6.45) is 0. The molecule has 0 unspecified atom stereocenters. The molecule has 0 amide bonds. The van der Waals surface area contributed by atoms with Crippen molar-refractivity contribution >= 4 is 10.2 Å². The smallest absolute Gasteiger partial charge is 0.0280 e. The molecule has 0 rings (SSSR count). The normalized spacial score (nSPS) is 14.4. The number of hydrogen-bond donors (Lipinski definition) is 0. The zero-order valence-electron chi connectivity index (χ0n) is 8.08. The van der Waals surface area contributed by atoms with Crippen LogP contribution < -0.4 is 0 Å². The molecule has 0 saturated heterocycles. The molecular weight excluding hydrogens is 136 g/mol. The quantitative estimate of drug-likeness (QED) is 0.472. The highest BCUT2D eigenvalue weighted by molar-refractivity contribution is 6.12. The van der Waals surface area contributed by atoms with Crippen LogP contribution in [0.3, 0.4) is 0 Å². The molecular formula is C9H19Si. The number of hydrogen-bond acceptors (Lipinski definition) is 0. The summed E-state index contributed by atoms with van der Waals surface area (Å²) in [6, 6.07) is 0. The van der Waals surface area contributed by atoms with Gasteiger partial charge < -0.3 is 0 Å². The van der Waals surface area contributed by atoms with E-state index in [0.29, 0.717) is 16.4 Å². The maximum Gasteiger partial charge on any atom is 0.0280 e. The van der Waals surface area contributed by atoms with Gasteiger partial charge in [-0.2, -0.15) is 0 Å². The fourth-order valence-electron chi connectivity index (χ4n) is 1.30. The molecule has 0 aliphatic heterocycles. The van der Waals surface area contributed by atoms with Gasteiger partial charge in [0.2, 0.25) is 0 Å². The van der Waals surface area contributed by atoms with E-state index in [4.69, 9.17) is 0 Å². The van der Waals surface area contributed by atoms with Crippen LogP contribution in [0.4, 0.5) is 0 Å². The van der Waals surface area contributed by atoms with Gasteiger partial charge in [0.05, 0.1) is 0 Å². The van der Waals surface area contributed by atoms with Crippen LogP contribution in [0, 0.1) is 10.8 Å². The third-order valence-corrected chi connectivity index (χ3v) is 3.46. The van der Waals surface area contributed by atoms with Crippen molar-refractivity contribution in [1.82, 2.24) is 0 Å². The van der Waals surface area contributed by atoms with E-state index in [0.717, 1.165) is 0 Å². The van der Waals surface area contributed by atoms with Gasteiger partial charge in [0, 0.05) is 10.2 Å². The summed E-state index contributed by atoms with van der Waals surface area (Å²) < 4.78 is 0. The van der Waals surface area contributed by atoms with Crippen LogP contribution in [-0.2, 0) is 0 Å². The Bertz CT molecular complexity index is 88.9. The van der Waals surface area contributed by atoms with Crippen molar-refractivity contribution in [2.45, 2.75) is 47.1 Å². The molecule has 0 aromatic heterocycles. The Hall–Kier alpha value is 0.217. The molecule has 0 saturated carbocycles. The Kier molecular flexibility index (Phi) is 2.75. The lowest BCUT2D eigenvalue weighted by Gasteiger charge is -2.37. The van der Waals surface area contributed by atoms with E-state index in [1.54, 1.807) is 0 Å². The molecule has 0 spiro atoms. The molecule has 0 bridgehead atoms. The highest BCUT2D eigenvalue weighted by Gasteiger charge is 2.30. The van der Waals surface area contributed by atoms with Gasteiger partial charge >= 0.3 is 0 Å². The second kappa shape index (κ2) is 2.69. The lowest BCUT2D eigenvalue weighted by molar-refractivity contribution is 0.235. The summed E-state index contributed by atoms with van der Waals surface area (Å²) in [5.74, 6) is 0. The molecule has 0 aromatic carbocycles. The molecule has 1 heteroatoms. The third-order valence-electron chi connectivity index (χ3n) is 1.73. The van der Waals surface area contributed by atoms with Crippen LogP contribution in [0.25, 0.3) is 0 Å². The summed E-state index contributed by atoms with van der Waals surface area (Å²) in [4.78, 5) is 0. The topological polar surface area (TPSA) is 0 Å². The van der Waals surface area contributed by atoms with E-state index in [9.17, 15) is 0 Å². The van der Waals surface area contributed by atoms with Crippen molar-refractivity contribution in [2.24, 2.45) is 10.8 Å². The van der Waals surface area contributed by atoms with Gasteiger partial charge in [-0.25, -0.2) is 0 Å². The highest BCUT2D eigenvalue weighted by Crippen LogP contribution is 2.42. The summed E-state index contributed by atoms with van der Waals surface area (Å²) in [7, 11) is 3.77. The molecule has 10 heavy (non-hydrogen) atoms. The Balaban J connectivity index is 4.23. The molecule has 0 aromatic rings. The average Bonchev–Trinajstić information content (AvgIpc) is 1.59. The largest absolute Gasteiger partial charge is 0.0602 e. The van der Waals surface area contributed by atoms with Crippen molar-refractivity contribution in [3.8, 4) is 0 Å². The van der Waals surface area contributed by atoms with Crippen molar-refractivity contribution in [3.63, 3.8) is 0 Å². The van der Waals surface area contributed by atoms with Crippen LogP contribution in [0.15, 0.2) is 0 Å². The summed E-state index contributed by atoms with van der Waals surface area (Å²) in [5.41, 5.74) is 1.28. The second-order valence-corrected chi connectivity index (χ2v) is 5.74. The van der Waals surface area contributed by atoms with Gasteiger partial charge in [0.25, 0.3) is 0 Å². The molecule has 0 aliphatic carbocycles. The van der Waals surface area contributed by atoms with E-state index >= 15 is 0 Å². The fraction of sp³-hybridized carbons (Fsp3) is 1.00. The molecule has 59 valence electrons. The Morgan fingerprint density at radius 2 is 1.00 bits per heavy atom. The first-order valence-electron chi connectivity index (χ1n) is 3.87. The minimum Gasteiger partial charge on any atom is -0.0602 e. The molecule has 0 fully saturated rings. The zero-order valence-corrected chi connectivity index (χ0v) is 9.08. The fourth-order valence-corrected chi connectivity index (χ4v) is 1.30. The average molecular weight is 155 g/mol. The lowest BCUT2D eigenvalue weighted by atomic mass is 9.77. The monoisotopic (exact) mass is 155 g/mol. The van der Waals surface area contributed by atoms with E-state index in [1.807, 2.05) is 0 Å². The van der Waals surface area contributed by atoms with E-state index in [2.05, 4.69) is 51.8 Å². The van der Waals surface area contributed by atoms with Crippen LogP contribution in [-0.4, -0.2) is 10.2 Å². The summed E-state index contributed by atoms with van der Waals surface area (Å²) >= 11 is 0. The third kappa shape index (κ3) is 2.87. The number of rotatable bonds is 0. The van der Waals surface area contributed by atoms with E-state index < -0.39 is 0 Å². The van der Waals surface area contributed by atoms with Crippen molar-refractivity contribution in [2.75, 3.05) is 0 Å². The van der Waals surface area contributed by atoms with Crippen molar-refractivity contribution in [1.29, 1.82) is 0 Å². The van der Waals surface area contributed by atoms with E-state index in [-0.39, 0.29) is 0 Å². The minimum atomic E-state index is 0.356. The molecule has 3 radical (unpaired) electrons. The summed E-state index contributed by atoms with van der Waals surface area (Å²) in [5, 5.41) is 0. The van der Waals surface area contributed by atoms with Crippen molar-refractivity contribution < 1.29 is 0 Å². The van der Waals surface area contributed by atoms with Crippen LogP contribution in [0.5, 0.6) is 0 Å². The minimum absolute atomic E-state index is 0.356. The van der Waals surface area contributed by atoms with Crippen LogP contribution in [0.1, 0.15) is 41.5 Å². The first-order chi connectivity index (χ1) is 4.15. The zero-order chi connectivity index (χ0) is 8.58. The summed E-state index contributed by atoms with van der Waals surface area (Å²) in [6.45, 7) is 13.6. The molecule has 0 heterocycles. The molecule has 0 nitrogen and oxygen atoms in total. The van der Waals surface area contributed by atoms with Gasteiger partial charge in [-0.15, -0.1) is 0 Å². The lowest BCUT2D eigenvalue weighted by Crippen LogP contribution is -2.27. The molecule has 0 aliphatic rings. The molecule has 0 N–H and O–H groups in total. The van der Waals surface area contributed by atoms with Crippen LogP contribution >= 0.6 is 0 Å². The molecule has 0 atom stereocenters. The highest BCUT2D eigenvalue weighted by atomic mass is 28.1. The maximum atomic E-state index is 3.77. The first kappa shape index (κ1) is 10.2. The van der Waals surface area contributed by atoms with Gasteiger partial charge in [-0.05, 0) is 16.4 Å². The van der Waals surface area contributed by atoms with Crippen molar-refractivity contribution in [3.05, 3.63) is 0 Å². The van der Waals surface area contributed by atoms with Gasteiger partial charge in [-0.1, -0.05) is 41.5 Å². The van der Waals surface area contributed by atoms with E-state index in [1.165, 1.54) is 0 Å². The predicted octanol–water partition coefficient (Wildman–Crippen LogP) is 3.04. The SMILES string of the molecule is CC(C)(C)C([Si])C(C)(C)C. The van der Waals surface area contributed by atoms with Gasteiger partial charge in [-0.3, -0.25) is 0 Å². The first-order valence-corrected chi connectivity index (χ1v) is 4.44. The van der Waals surface area contributed by atoms with Crippen LogP contribution in [0.2, 0.25) is 5.54 Å². The predicted molar refractivity (Wildman–Crippen MR) is 48.4 cm³/mol. The Morgan fingerprint density at radius 1 is 0.800 bits per heavy atom. The van der Waals surface area contributed by atoms with Gasteiger partial charge in [0.1, 0.15) is 0 Å². The Morgan fingerprint density at radius 3 is 1.00 bits per heavy atom. The standard InChI is InChI=1S/C9H19Si/c1-8(2,3)7(10)9(4,5)6/h7H,1-6H3.